The molecule has 0 saturated heterocycles. The number of amides is 1. The Morgan fingerprint density at radius 3 is 2.63 bits per heavy atom. The van der Waals surface area contributed by atoms with Crippen LogP contribution in [0.25, 0.3) is 0 Å². The molecule has 3 nitrogen and oxygen atoms in total. The van der Waals surface area contributed by atoms with Gasteiger partial charge in [-0.05, 0) is 24.1 Å². The summed E-state index contributed by atoms with van der Waals surface area (Å²) in [4.78, 5) is 16.1. The van der Waals surface area contributed by atoms with E-state index in [1.165, 1.54) is 0 Å². The van der Waals surface area contributed by atoms with E-state index in [1.807, 2.05) is 36.4 Å². The summed E-state index contributed by atoms with van der Waals surface area (Å²) >= 11 is 4.28. The standard InChI is InChI=1S/C15H16N2OS/c18-15(17-14-7-4-8-16-10-14)13(11-19)9-12-5-2-1-3-6-12/h1-8,10,13,19H,9,11H2,(H,17,18). The van der Waals surface area contributed by atoms with E-state index in [0.29, 0.717) is 17.9 Å². The smallest absolute Gasteiger partial charge is 0.228 e. The van der Waals surface area contributed by atoms with Gasteiger partial charge in [0.25, 0.3) is 0 Å². The second-order valence-corrected chi connectivity index (χ2v) is 4.67. The molecule has 1 N–H and O–H groups in total. The van der Waals surface area contributed by atoms with Crippen molar-refractivity contribution < 1.29 is 4.79 Å². The van der Waals surface area contributed by atoms with E-state index in [9.17, 15) is 4.79 Å². The summed E-state index contributed by atoms with van der Waals surface area (Å²) in [7, 11) is 0. The maximum atomic E-state index is 12.2. The van der Waals surface area contributed by atoms with Crippen LogP contribution in [0.4, 0.5) is 5.69 Å². The van der Waals surface area contributed by atoms with Crippen LogP contribution in [0.3, 0.4) is 0 Å². The Bertz CT molecular complexity index is 516. The maximum absolute atomic E-state index is 12.2. The molecular weight excluding hydrogens is 256 g/mol. The van der Waals surface area contributed by atoms with Crippen molar-refractivity contribution >= 4 is 24.2 Å². The minimum absolute atomic E-state index is 0.0214. The minimum atomic E-state index is -0.147. The Morgan fingerprint density at radius 1 is 1.21 bits per heavy atom. The third kappa shape index (κ3) is 4.10. The first-order valence-electron chi connectivity index (χ1n) is 6.15. The Kier molecular flexibility index (Phi) is 4.98. The van der Waals surface area contributed by atoms with Crippen molar-refractivity contribution in [1.29, 1.82) is 0 Å². The molecule has 0 bridgehead atoms. The number of rotatable bonds is 5. The number of pyridine rings is 1. The molecule has 1 unspecified atom stereocenters. The first kappa shape index (κ1) is 13.6. The molecule has 0 fully saturated rings. The molecule has 2 aromatic rings. The quantitative estimate of drug-likeness (QED) is 0.822. The van der Waals surface area contributed by atoms with Crippen molar-refractivity contribution in [1.82, 2.24) is 4.98 Å². The van der Waals surface area contributed by atoms with Gasteiger partial charge in [0.15, 0.2) is 0 Å². The van der Waals surface area contributed by atoms with Crippen LogP contribution < -0.4 is 5.32 Å². The molecule has 0 radical (unpaired) electrons. The van der Waals surface area contributed by atoms with E-state index in [0.717, 1.165) is 5.56 Å². The average molecular weight is 272 g/mol. The molecule has 19 heavy (non-hydrogen) atoms. The van der Waals surface area contributed by atoms with Gasteiger partial charge in [0.2, 0.25) is 5.91 Å². The lowest BCUT2D eigenvalue weighted by atomic mass is 10.00. The molecule has 0 aliphatic heterocycles. The topological polar surface area (TPSA) is 42.0 Å². The SMILES string of the molecule is O=C(Nc1cccnc1)C(CS)Cc1ccccc1. The zero-order valence-corrected chi connectivity index (χ0v) is 11.4. The summed E-state index contributed by atoms with van der Waals surface area (Å²) in [6.45, 7) is 0. The van der Waals surface area contributed by atoms with Crippen LogP contribution in [0.1, 0.15) is 5.56 Å². The second-order valence-electron chi connectivity index (χ2n) is 4.30. The third-order valence-corrected chi connectivity index (χ3v) is 3.29. The van der Waals surface area contributed by atoms with Crippen LogP contribution in [-0.2, 0) is 11.2 Å². The zero-order valence-electron chi connectivity index (χ0n) is 10.5. The third-order valence-electron chi connectivity index (χ3n) is 2.85. The van der Waals surface area contributed by atoms with Gasteiger partial charge in [-0.2, -0.15) is 12.6 Å². The number of hydrogen-bond acceptors (Lipinski definition) is 3. The number of hydrogen-bond donors (Lipinski definition) is 2. The van der Waals surface area contributed by atoms with Gasteiger partial charge in [-0.15, -0.1) is 0 Å². The number of carbonyl (C=O) groups excluding carboxylic acids is 1. The largest absolute Gasteiger partial charge is 0.324 e. The molecular formula is C15H16N2OS. The van der Waals surface area contributed by atoms with Gasteiger partial charge in [0.05, 0.1) is 17.8 Å². The fourth-order valence-electron chi connectivity index (χ4n) is 1.82. The fourth-order valence-corrected chi connectivity index (χ4v) is 2.11. The highest BCUT2D eigenvalue weighted by Gasteiger charge is 2.17. The Labute approximate surface area is 118 Å². The highest BCUT2D eigenvalue weighted by atomic mass is 32.1. The fraction of sp³-hybridized carbons (Fsp3) is 0.200. The lowest BCUT2D eigenvalue weighted by Crippen LogP contribution is -2.26. The first-order valence-corrected chi connectivity index (χ1v) is 6.78. The van der Waals surface area contributed by atoms with Gasteiger partial charge in [0.1, 0.15) is 0 Å². The van der Waals surface area contributed by atoms with Crippen molar-refractivity contribution in [3.8, 4) is 0 Å². The number of nitrogens with zero attached hydrogens (tertiary/aromatic N) is 1. The predicted octanol–water partition coefficient (Wildman–Crippen LogP) is 2.81. The highest BCUT2D eigenvalue weighted by Crippen LogP contribution is 2.13. The van der Waals surface area contributed by atoms with Gasteiger partial charge < -0.3 is 5.32 Å². The normalized spacial score (nSPS) is 11.8. The van der Waals surface area contributed by atoms with Gasteiger partial charge in [0, 0.05) is 11.9 Å². The first-order chi connectivity index (χ1) is 9.29. The molecule has 4 heteroatoms. The van der Waals surface area contributed by atoms with E-state index in [1.54, 1.807) is 18.5 Å². The second kappa shape index (κ2) is 6.95. The van der Waals surface area contributed by atoms with Crippen LogP contribution in [0.15, 0.2) is 54.9 Å². The zero-order chi connectivity index (χ0) is 13.5. The van der Waals surface area contributed by atoms with Crippen LogP contribution in [-0.4, -0.2) is 16.6 Å². The Balaban J connectivity index is 2.00. The molecule has 98 valence electrons. The van der Waals surface area contributed by atoms with Gasteiger partial charge in [-0.1, -0.05) is 30.3 Å². The van der Waals surface area contributed by atoms with Crippen LogP contribution >= 0.6 is 12.6 Å². The minimum Gasteiger partial charge on any atom is -0.324 e. The lowest BCUT2D eigenvalue weighted by molar-refractivity contribution is -0.119. The van der Waals surface area contributed by atoms with Crippen molar-refractivity contribution in [3.05, 3.63) is 60.4 Å². The van der Waals surface area contributed by atoms with E-state index in [4.69, 9.17) is 0 Å². The molecule has 1 atom stereocenters. The maximum Gasteiger partial charge on any atom is 0.228 e. The van der Waals surface area contributed by atoms with Crippen molar-refractivity contribution in [3.63, 3.8) is 0 Å². The summed E-state index contributed by atoms with van der Waals surface area (Å²) < 4.78 is 0. The van der Waals surface area contributed by atoms with Crippen molar-refractivity contribution in [2.75, 3.05) is 11.1 Å². The Hall–Kier alpha value is -1.81. The molecule has 2 rings (SSSR count). The monoisotopic (exact) mass is 272 g/mol. The number of aromatic nitrogens is 1. The highest BCUT2D eigenvalue weighted by molar-refractivity contribution is 7.80. The molecule has 0 aliphatic carbocycles. The van der Waals surface area contributed by atoms with E-state index < -0.39 is 0 Å². The van der Waals surface area contributed by atoms with Gasteiger partial charge >= 0.3 is 0 Å². The number of carbonyl (C=O) groups is 1. The van der Waals surface area contributed by atoms with Gasteiger partial charge in [-0.25, -0.2) is 0 Å². The van der Waals surface area contributed by atoms with Crippen LogP contribution in [0, 0.1) is 5.92 Å². The summed E-state index contributed by atoms with van der Waals surface area (Å²) in [5.74, 6) is 0.346. The van der Waals surface area contributed by atoms with Crippen LogP contribution in [0.2, 0.25) is 0 Å². The molecule has 0 saturated carbocycles. The Morgan fingerprint density at radius 2 is 2.00 bits per heavy atom. The summed E-state index contributed by atoms with van der Waals surface area (Å²) in [5.41, 5.74) is 1.86. The number of benzene rings is 1. The molecule has 1 aromatic heterocycles. The number of anilines is 1. The van der Waals surface area contributed by atoms with Crippen LogP contribution in [0.5, 0.6) is 0 Å². The summed E-state index contributed by atoms with van der Waals surface area (Å²) in [5, 5.41) is 2.86. The number of nitrogens with one attached hydrogen (secondary N) is 1. The molecule has 0 spiro atoms. The van der Waals surface area contributed by atoms with E-state index in [-0.39, 0.29) is 11.8 Å². The van der Waals surface area contributed by atoms with E-state index >= 15 is 0 Å². The average Bonchev–Trinajstić information content (AvgIpc) is 2.47. The molecule has 0 aliphatic rings. The molecule has 1 amide bonds. The molecule has 1 aromatic carbocycles. The lowest BCUT2D eigenvalue weighted by Gasteiger charge is -2.14. The van der Waals surface area contributed by atoms with Gasteiger partial charge in [-0.3, -0.25) is 9.78 Å². The number of thiol groups is 1. The molecule has 1 heterocycles. The predicted molar refractivity (Wildman–Crippen MR) is 80.4 cm³/mol. The van der Waals surface area contributed by atoms with Crippen molar-refractivity contribution in [2.24, 2.45) is 5.92 Å². The van der Waals surface area contributed by atoms with Crippen molar-refractivity contribution in [2.45, 2.75) is 6.42 Å². The summed E-state index contributed by atoms with van der Waals surface area (Å²) in [6, 6.07) is 13.6. The van der Waals surface area contributed by atoms with E-state index in [2.05, 4.69) is 22.9 Å². The summed E-state index contributed by atoms with van der Waals surface area (Å²) in [6.07, 6.45) is 4.00.